The van der Waals surface area contributed by atoms with Crippen LogP contribution in [0, 0.1) is 13.8 Å². The Labute approximate surface area is 115 Å². The van der Waals surface area contributed by atoms with Crippen molar-refractivity contribution >= 4 is 0 Å². The lowest BCUT2D eigenvalue weighted by molar-refractivity contribution is 0.0482. The number of piperidine rings is 2. The molecule has 3 rings (SSSR count). The second kappa shape index (κ2) is 5.25. The zero-order chi connectivity index (χ0) is 13.4. The van der Waals surface area contributed by atoms with Crippen molar-refractivity contribution in [2.45, 2.75) is 70.6 Å². The van der Waals surface area contributed by atoms with E-state index in [2.05, 4.69) is 22.4 Å². The molecule has 1 aromatic heterocycles. The third-order valence-electron chi connectivity index (χ3n) is 5.09. The number of rotatable bonds is 3. The van der Waals surface area contributed by atoms with Crippen LogP contribution >= 0.6 is 0 Å². The molecular formula is C15H25N3O. The highest BCUT2D eigenvalue weighted by atomic mass is 16.5. The van der Waals surface area contributed by atoms with Gasteiger partial charge in [-0.2, -0.15) is 0 Å². The number of hydrogen-bond acceptors (Lipinski definition) is 4. The van der Waals surface area contributed by atoms with Crippen LogP contribution in [0.15, 0.2) is 4.52 Å². The first-order valence-electron chi connectivity index (χ1n) is 7.52. The Bertz CT molecular complexity index is 409. The minimum absolute atomic E-state index is 0.653. The van der Waals surface area contributed by atoms with Crippen molar-refractivity contribution in [3.8, 4) is 0 Å². The van der Waals surface area contributed by atoms with E-state index in [1.807, 2.05) is 13.8 Å². The van der Waals surface area contributed by atoms with Crippen LogP contribution in [0.4, 0.5) is 0 Å². The second-order valence-corrected chi connectivity index (χ2v) is 6.26. The zero-order valence-corrected chi connectivity index (χ0v) is 12.3. The van der Waals surface area contributed by atoms with Crippen molar-refractivity contribution in [1.82, 2.24) is 15.4 Å². The molecule has 2 bridgehead atoms. The Balaban J connectivity index is 1.59. The van der Waals surface area contributed by atoms with Gasteiger partial charge in [0.1, 0.15) is 5.76 Å². The molecular weight excluding hydrogens is 238 g/mol. The Morgan fingerprint density at radius 3 is 2.53 bits per heavy atom. The van der Waals surface area contributed by atoms with Crippen molar-refractivity contribution in [3.63, 3.8) is 0 Å². The average Bonchev–Trinajstić information content (AvgIpc) is 2.67. The van der Waals surface area contributed by atoms with E-state index < -0.39 is 0 Å². The van der Waals surface area contributed by atoms with Crippen LogP contribution in [-0.4, -0.2) is 35.2 Å². The van der Waals surface area contributed by atoms with E-state index in [0.717, 1.165) is 30.1 Å². The zero-order valence-electron chi connectivity index (χ0n) is 12.3. The van der Waals surface area contributed by atoms with Crippen molar-refractivity contribution in [1.29, 1.82) is 0 Å². The molecule has 4 heteroatoms. The SMILES string of the molecule is Cc1noc(C)c1CNC1CC2CCCC(C1)N2C. The first-order chi connectivity index (χ1) is 9.15. The molecule has 2 saturated heterocycles. The highest BCUT2D eigenvalue weighted by Gasteiger charge is 2.35. The molecule has 0 amide bonds. The molecule has 2 aliphatic heterocycles. The summed E-state index contributed by atoms with van der Waals surface area (Å²) in [5.41, 5.74) is 2.27. The van der Waals surface area contributed by atoms with E-state index in [9.17, 15) is 0 Å². The fourth-order valence-corrected chi connectivity index (χ4v) is 3.78. The predicted molar refractivity (Wildman–Crippen MR) is 75.0 cm³/mol. The molecule has 4 nitrogen and oxygen atoms in total. The summed E-state index contributed by atoms with van der Waals surface area (Å²) in [5.74, 6) is 0.957. The van der Waals surface area contributed by atoms with Crippen molar-refractivity contribution in [3.05, 3.63) is 17.0 Å². The highest BCUT2D eigenvalue weighted by Crippen LogP contribution is 2.32. The van der Waals surface area contributed by atoms with Crippen LogP contribution in [0.3, 0.4) is 0 Å². The third kappa shape index (κ3) is 2.56. The minimum atomic E-state index is 0.653. The van der Waals surface area contributed by atoms with Gasteiger partial charge < -0.3 is 14.7 Å². The first-order valence-corrected chi connectivity index (χ1v) is 7.52. The lowest BCUT2D eigenvalue weighted by Crippen LogP contribution is -2.54. The lowest BCUT2D eigenvalue weighted by Gasteiger charge is -2.47. The second-order valence-electron chi connectivity index (χ2n) is 6.26. The van der Waals surface area contributed by atoms with Crippen LogP contribution in [0.1, 0.15) is 49.1 Å². The molecule has 0 radical (unpaired) electrons. The van der Waals surface area contributed by atoms with E-state index >= 15 is 0 Å². The first kappa shape index (κ1) is 13.1. The summed E-state index contributed by atoms with van der Waals surface area (Å²) < 4.78 is 5.23. The van der Waals surface area contributed by atoms with E-state index in [1.165, 1.54) is 37.7 Å². The molecule has 1 N–H and O–H groups in total. The van der Waals surface area contributed by atoms with Gasteiger partial charge in [-0.15, -0.1) is 0 Å². The van der Waals surface area contributed by atoms with Gasteiger partial charge in [-0.1, -0.05) is 11.6 Å². The largest absolute Gasteiger partial charge is 0.361 e. The van der Waals surface area contributed by atoms with Gasteiger partial charge >= 0.3 is 0 Å². The Morgan fingerprint density at radius 2 is 1.95 bits per heavy atom. The number of aromatic nitrogens is 1. The van der Waals surface area contributed by atoms with Crippen molar-refractivity contribution in [2.75, 3.05) is 7.05 Å². The Morgan fingerprint density at radius 1 is 1.26 bits per heavy atom. The number of nitrogens with one attached hydrogen (secondary N) is 1. The molecule has 2 unspecified atom stereocenters. The van der Waals surface area contributed by atoms with Crippen LogP contribution < -0.4 is 5.32 Å². The summed E-state index contributed by atoms with van der Waals surface area (Å²) in [4.78, 5) is 2.61. The van der Waals surface area contributed by atoms with Gasteiger partial charge in [0.05, 0.1) is 5.69 Å². The summed E-state index contributed by atoms with van der Waals surface area (Å²) in [7, 11) is 2.30. The molecule has 1 aromatic rings. The number of fused-ring (bicyclic) bond motifs is 2. The maximum absolute atomic E-state index is 5.23. The fourth-order valence-electron chi connectivity index (χ4n) is 3.78. The van der Waals surface area contributed by atoms with Crippen LogP contribution in [-0.2, 0) is 6.54 Å². The molecule has 2 fully saturated rings. The molecule has 0 spiro atoms. The number of nitrogens with zero attached hydrogens (tertiary/aromatic N) is 2. The van der Waals surface area contributed by atoms with Gasteiger partial charge in [0.25, 0.3) is 0 Å². The molecule has 106 valence electrons. The molecule has 2 aliphatic rings. The molecule has 2 atom stereocenters. The van der Waals surface area contributed by atoms with Gasteiger partial charge in [0.2, 0.25) is 0 Å². The van der Waals surface area contributed by atoms with E-state index in [4.69, 9.17) is 4.52 Å². The smallest absolute Gasteiger partial charge is 0.138 e. The standard InChI is InChI=1S/C15H25N3O/c1-10-15(11(2)19-17-10)9-16-12-7-13-5-4-6-14(8-12)18(13)3/h12-14,16H,4-9H2,1-3H3. The predicted octanol–water partition coefficient (Wildman–Crippen LogP) is 2.40. The van der Waals surface area contributed by atoms with Gasteiger partial charge in [0, 0.05) is 30.2 Å². The molecule has 0 saturated carbocycles. The van der Waals surface area contributed by atoms with Gasteiger partial charge in [0.15, 0.2) is 0 Å². The monoisotopic (exact) mass is 263 g/mol. The fraction of sp³-hybridized carbons (Fsp3) is 0.800. The Kier molecular flexibility index (Phi) is 3.63. The summed E-state index contributed by atoms with van der Waals surface area (Å²) in [6.45, 7) is 4.92. The molecule has 3 heterocycles. The lowest BCUT2D eigenvalue weighted by atomic mass is 9.82. The highest BCUT2D eigenvalue weighted by molar-refractivity contribution is 5.20. The normalized spacial score (nSPS) is 31.6. The van der Waals surface area contributed by atoms with E-state index in [1.54, 1.807) is 0 Å². The summed E-state index contributed by atoms with van der Waals surface area (Å²) in [5, 5.41) is 7.75. The van der Waals surface area contributed by atoms with Gasteiger partial charge in [-0.25, -0.2) is 0 Å². The maximum Gasteiger partial charge on any atom is 0.138 e. The third-order valence-corrected chi connectivity index (χ3v) is 5.09. The maximum atomic E-state index is 5.23. The minimum Gasteiger partial charge on any atom is -0.361 e. The van der Waals surface area contributed by atoms with Gasteiger partial charge in [-0.3, -0.25) is 0 Å². The van der Waals surface area contributed by atoms with Crippen LogP contribution in [0.5, 0.6) is 0 Å². The van der Waals surface area contributed by atoms with Crippen LogP contribution in [0.25, 0.3) is 0 Å². The number of hydrogen-bond donors (Lipinski definition) is 1. The molecule has 0 aliphatic carbocycles. The number of aryl methyl sites for hydroxylation is 2. The summed E-state index contributed by atoms with van der Waals surface area (Å²) in [6.07, 6.45) is 6.73. The van der Waals surface area contributed by atoms with E-state index in [0.29, 0.717) is 6.04 Å². The quantitative estimate of drug-likeness (QED) is 0.909. The summed E-state index contributed by atoms with van der Waals surface area (Å²) >= 11 is 0. The Hall–Kier alpha value is -0.870. The van der Waals surface area contributed by atoms with Crippen LogP contribution in [0.2, 0.25) is 0 Å². The molecule has 0 aromatic carbocycles. The molecule has 19 heavy (non-hydrogen) atoms. The van der Waals surface area contributed by atoms with E-state index in [-0.39, 0.29) is 0 Å². The van der Waals surface area contributed by atoms with Crippen molar-refractivity contribution in [2.24, 2.45) is 0 Å². The average molecular weight is 263 g/mol. The topological polar surface area (TPSA) is 41.3 Å². The van der Waals surface area contributed by atoms with Crippen molar-refractivity contribution < 1.29 is 4.52 Å². The van der Waals surface area contributed by atoms with Gasteiger partial charge in [-0.05, 0) is 46.6 Å². The summed E-state index contributed by atoms with van der Waals surface area (Å²) in [6, 6.07) is 2.23.